The molecule has 0 saturated carbocycles. The van der Waals surface area contributed by atoms with Crippen LogP contribution < -0.4 is 5.32 Å². The maximum atomic E-state index is 13.0. The Bertz CT molecular complexity index is 1100. The molecule has 0 unspecified atom stereocenters. The first-order valence-electron chi connectivity index (χ1n) is 8.11. The van der Waals surface area contributed by atoms with E-state index in [1.54, 1.807) is 24.5 Å². The van der Waals surface area contributed by atoms with Crippen molar-refractivity contribution in [3.8, 4) is 5.82 Å². The molecule has 7 heteroatoms. The van der Waals surface area contributed by atoms with Gasteiger partial charge in [-0.1, -0.05) is 0 Å². The molecule has 128 valence electrons. The summed E-state index contributed by atoms with van der Waals surface area (Å²) in [7, 11) is 0. The molecule has 0 atom stereocenters. The predicted octanol–water partition coefficient (Wildman–Crippen LogP) is 3.08. The first kappa shape index (κ1) is 15.9. The van der Waals surface area contributed by atoms with Gasteiger partial charge in [-0.15, -0.1) is 0 Å². The van der Waals surface area contributed by atoms with Gasteiger partial charge in [-0.05, 0) is 55.3 Å². The van der Waals surface area contributed by atoms with Crippen molar-refractivity contribution in [1.29, 1.82) is 0 Å². The Morgan fingerprint density at radius 3 is 2.81 bits per heavy atom. The standard InChI is InChI=1S/C19H16N6O/c1-12-8-14-13(2)5-7-21-17(14)15(9-12)19(26)24-16-4-3-6-22-18(16)25-11-20-10-23-25/h3-11H,1-2H3,(H,24,26). The summed E-state index contributed by atoms with van der Waals surface area (Å²) in [5.74, 6) is 0.255. The number of nitrogens with one attached hydrogen (secondary N) is 1. The number of pyridine rings is 2. The van der Waals surface area contributed by atoms with Gasteiger partial charge < -0.3 is 5.32 Å². The summed E-state index contributed by atoms with van der Waals surface area (Å²) < 4.78 is 1.51. The van der Waals surface area contributed by atoms with Gasteiger partial charge in [-0.25, -0.2) is 14.6 Å². The van der Waals surface area contributed by atoms with Crippen LogP contribution in [-0.2, 0) is 0 Å². The van der Waals surface area contributed by atoms with Crippen LogP contribution >= 0.6 is 0 Å². The van der Waals surface area contributed by atoms with Gasteiger partial charge in [-0.3, -0.25) is 9.78 Å². The zero-order chi connectivity index (χ0) is 18.1. The molecule has 4 rings (SSSR count). The Labute approximate surface area is 149 Å². The van der Waals surface area contributed by atoms with Gasteiger partial charge in [0.05, 0.1) is 16.8 Å². The number of aromatic nitrogens is 5. The first-order chi connectivity index (χ1) is 12.6. The van der Waals surface area contributed by atoms with E-state index in [2.05, 4.69) is 25.4 Å². The molecule has 1 amide bonds. The third-order valence-electron chi connectivity index (χ3n) is 4.12. The third-order valence-corrected chi connectivity index (χ3v) is 4.12. The number of anilines is 1. The van der Waals surface area contributed by atoms with Crippen LogP contribution in [0, 0.1) is 13.8 Å². The maximum absolute atomic E-state index is 13.0. The van der Waals surface area contributed by atoms with Crippen LogP contribution in [0.1, 0.15) is 21.5 Å². The van der Waals surface area contributed by atoms with Gasteiger partial charge in [-0.2, -0.15) is 5.10 Å². The highest BCUT2D eigenvalue weighted by molar-refractivity contribution is 6.12. The fourth-order valence-corrected chi connectivity index (χ4v) is 2.89. The Morgan fingerprint density at radius 2 is 2.00 bits per heavy atom. The van der Waals surface area contributed by atoms with E-state index in [1.807, 2.05) is 32.0 Å². The normalized spacial score (nSPS) is 10.8. The molecule has 0 radical (unpaired) electrons. The third kappa shape index (κ3) is 2.79. The average molecular weight is 344 g/mol. The summed E-state index contributed by atoms with van der Waals surface area (Å²) >= 11 is 0. The average Bonchev–Trinajstić information content (AvgIpc) is 3.17. The van der Waals surface area contributed by atoms with Crippen molar-refractivity contribution < 1.29 is 4.79 Å². The smallest absolute Gasteiger partial charge is 0.257 e. The number of fused-ring (bicyclic) bond motifs is 1. The molecule has 3 aromatic heterocycles. The van der Waals surface area contributed by atoms with E-state index in [0.29, 0.717) is 22.6 Å². The fraction of sp³-hybridized carbons (Fsp3) is 0.105. The highest BCUT2D eigenvalue weighted by atomic mass is 16.1. The number of aryl methyl sites for hydroxylation is 2. The zero-order valence-electron chi connectivity index (χ0n) is 14.3. The lowest BCUT2D eigenvalue weighted by molar-refractivity contribution is 0.102. The van der Waals surface area contributed by atoms with Gasteiger partial charge >= 0.3 is 0 Å². The summed E-state index contributed by atoms with van der Waals surface area (Å²) in [6.07, 6.45) is 6.31. The fourth-order valence-electron chi connectivity index (χ4n) is 2.89. The van der Waals surface area contributed by atoms with Crippen LogP contribution in [0.2, 0.25) is 0 Å². The largest absolute Gasteiger partial charge is 0.319 e. The Morgan fingerprint density at radius 1 is 1.12 bits per heavy atom. The minimum Gasteiger partial charge on any atom is -0.319 e. The van der Waals surface area contributed by atoms with Crippen molar-refractivity contribution in [3.05, 3.63) is 72.1 Å². The van der Waals surface area contributed by atoms with Crippen LogP contribution in [0.15, 0.2) is 55.4 Å². The van der Waals surface area contributed by atoms with E-state index in [4.69, 9.17) is 0 Å². The SMILES string of the molecule is Cc1cc(C(=O)Nc2cccnc2-n2cncn2)c2nccc(C)c2c1. The maximum Gasteiger partial charge on any atom is 0.257 e. The number of hydrogen-bond acceptors (Lipinski definition) is 5. The number of nitrogens with zero attached hydrogens (tertiary/aromatic N) is 5. The van der Waals surface area contributed by atoms with Crippen molar-refractivity contribution >= 4 is 22.5 Å². The van der Waals surface area contributed by atoms with Gasteiger partial charge in [0, 0.05) is 17.8 Å². The molecule has 0 spiro atoms. The topological polar surface area (TPSA) is 85.6 Å². The second kappa shape index (κ2) is 6.36. The first-order valence-corrected chi connectivity index (χ1v) is 8.11. The molecular weight excluding hydrogens is 328 g/mol. The minimum atomic E-state index is -0.244. The molecule has 0 bridgehead atoms. The number of hydrogen-bond donors (Lipinski definition) is 1. The van der Waals surface area contributed by atoms with E-state index in [-0.39, 0.29) is 5.91 Å². The van der Waals surface area contributed by atoms with Crippen molar-refractivity contribution in [2.75, 3.05) is 5.32 Å². The molecular formula is C19H16N6O. The predicted molar refractivity (Wildman–Crippen MR) is 98.3 cm³/mol. The molecule has 4 aromatic rings. The molecule has 0 fully saturated rings. The summed E-state index contributed by atoms with van der Waals surface area (Å²) in [6.45, 7) is 3.97. The lowest BCUT2D eigenvalue weighted by Crippen LogP contribution is -2.16. The molecule has 0 aliphatic heterocycles. The molecule has 0 aliphatic rings. The minimum absolute atomic E-state index is 0.244. The number of benzene rings is 1. The molecule has 3 heterocycles. The van der Waals surface area contributed by atoms with Gasteiger partial charge in [0.25, 0.3) is 5.91 Å². The molecule has 26 heavy (non-hydrogen) atoms. The van der Waals surface area contributed by atoms with Gasteiger partial charge in [0.15, 0.2) is 5.82 Å². The van der Waals surface area contributed by atoms with E-state index in [9.17, 15) is 4.79 Å². The highest BCUT2D eigenvalue weighted by Gasteiger charge is 2.16. The zero-order valence-corrected chi connectivity index (χ0v) is 14.3. The number of carbonyl (C=O) groups is 1. The van der Waals surface area contributed by atoms with Crippen LogP contribution in [0.25, 0.3) is 16.7 Å². The van der Waals surface area contributed by atoms with Crippen LogP contribution in [0.4, 0.5) is 5.69 Å². The Kier molecular flexibility index (Phi) is 3.89. The monoisotopic (exact) mass is 344 g/mol. The van der Waals surface area contributed by atoms with Gasteiger partial charge in [0.1, 0.15) is 12.7 Å². The van der Waals surface area contributed by atoms with E-state index < -0.39 is 0 Å². The van der Waals surface area contributed by atoms with Crippen molar-refractivity contribution in [2.24, 2.45) is 0 Å². The summed E-state index contributed by atoms with van der Waals surface area (Å²) in [6, 6.07) is 9.35. The molecule has 7 nitrogen and oxygen atoms in total. The number of carbonyl (C=O) groups excluding carboxylic acids is 1. The highest BCUT2D eigenvalue weighted by Crippen LogP contribution is 2.24. The molecule has 0 saturated heterocycles. The van der Waals surface area contributed by atoms with Crippen molar-refractivity contribution in [2.45, 2.75) is 13.8 Å². The van der Waals surface area contributed by atoms with E-state index >= 15 is 0 Å². The summed E-state index contributed by atoms with van der Waals surface area (Å²) in [5, 5.41) is 7.98. The quantitative estimate of drug-likeness (QED) is 0.617. The van der Waals surface area contributed by atoms with Crippen molar-refractivity contribution in [1.82, 2.24) is 24.7 Å². The van der Waals surface area contributed by atoms with Crippen LogP contribution in [0.3, 0.4) is 0 Å². The van der Waals surface area contributed by atoms with Crippen LogP contribution in [-0.4, -0.2) is 30.6 Å². The second-order valence-electron chi connectivity index (χ2n) is 6.01. The van der Waals surface area contributed by atoms with E-state index in [0.717, 1.165) is 16.5 Å². The summed E-state index contributed by atoms with van der Waals surface area (Å²) in [5.41, 5.74) is 3.83. The molecule has 0 aliphatic carbocycles. The van der Waals surface area contributed by atoms with Crippen molar-refractivity contribution in [3.63, 3.8) is 0 Å². The van der Waals surface area contributed by atoms with Crippen LogP contribution in [0.5, 0.6) is 0 Å². The second-order valence-corrected chi connectivity index (χ2v) is 6.01. The van der Waals surface area contributed by atoms with E-state index in [1.165, 1.54) is 17.3 Å². The Balaban J connectivity index is 1.77. The lowest BCUT2D eigenvalue weighted by Gasteiger charge is -2.12. The van der Waals surface area contributed by atoms with Gasteiger partial charge in [0.2, 0.25) is 0 Å². The number of amides is 1. The molecule has 1 aromatic carbocycles. The number of rotatable bonds is 3. The lowest BCUT2D eigenvalue weighted by atomic mass is 10.0. The Hall–Kier alpha value is -3.61. The summed E-state index contributed by atoms with van der Waals surface area (Å²) in [4.78, 5) is 25.6. The molecule has 1 N–H and O–H groups in total.